The molecule has 0 saturated carbocycles. The number of aromatic nitrogens is 3. The maximum Gasteiger partial charge on any atom is 0.189 e. The molecule has 37 heavy (non-hydrogen) atoms. The first-order valence-electron chi connectivity index (χ1n) is 12.5. The molecule has 1 fully saturated rings. The van der Waals surface area contributed by atoms with Crippen LogP contribution in [0, 0.1) is 0 Å². The molecule has 3 heterocycles. The summed E-state index contributed by atoms with van der Waals surface area (Å²) in [6, 6.07) is 18.0. The second-order valence-electron chi connectivity index (χ2n) is 9.24. The van der Waals surface area contributed by atoms with Crippen LogP contribution in [0.1, 0.15) is 32.3 Å². The first-order valence-corrected chi connectivity index (χ1v) is 13.7. The molecular formula is C28H31N5O3S. The predicted octanol–water partition coefficient (Wildman–Crippen LogP) is 4.83. The molecule has 4 aromatic rings. The molecular weight excluding hydrogens is 486 g/mol. The second kappa shape index (κ2) is 11.4. The summed E-state index contributed by atoms with van der Waals surface area (Å²) in [6.45, 7) is 6.43. The van der Waals surface area contributed by atoms with Crippen LogP contribution in [0.5, 0.6) is 0 Å². The number of nitrogen functional groups attached to an aromatic ring is 1. The fraction of sp³-hybridized carbons (Fsp3) is 0.321. The molecule has 3 atom stereocenters. The van der Waals surface area contributed by atoms with Gasteiger partial charge in [-0.2, -0.15) is 0 Å². The Balaban J connectivity index is 1.31. The summed E-state index contributed by atoms with van der Waals surface area (Å²) in [5.41, 5.74) is 10.9. The first-order chi connectivity index (χ1) is 18.0. The van der Waals surface area contributed by atoms with Crippen molar-refractivity contribution in [3.63, 3.8) is 0 Å². The molecule has 1 aliphatic heterocycles. The minimum Gasteiger partial charge on any atom is -0.611 e. The van der Waals surface area contributed by atoms with Gasteiger partial charge < -0.3 is 24.9 Å². The van der Waals surface area contributed by atoms with Gasteiger partial charge in [0.05, 0.1) is 18.5 Å². The largest absolute Gasteiger partial charge is 0.611 e. The summed E-state index contributed by atoms with van der Waals surface area (Å²) in [5, 5.41) is 7.86. The van der Waals surface area contributed by atoms with E-state index < -0.39 is 11.2 Å². The van der Waals surface area contributed by atoms with Crippen LogP contribution < -0.4 is 11.1 Å². The van der Waals surface area contributed by atoms with Gasteiger partial charge >= 0.3 is 0 Å². The molecule has 0 bridgehead atoms. The molecule has 0 amide bonds. The van der Waals surface area contributed by atoms with Crippen LogP contribution in [-0.2, 0) is 22.5 Å². The third-order valence-electron chi connectivity index (χ3n) is 6.64. The van der Waals surface area contributed by atoms with Gasteiger partial charge in [0.25, 0.3) is 0 Å². The molecule has 2 aromatic heterocycles. The zero-order chi connectivity index (χ0) is 25.8. The molecule has 1 aliphatic rings. The topological polar surface area (TPSA) is 122 Å². The standard InChI is InChI=1S/C28H31N5O3S/c1-3-18(2)37(34)23-10-8-21(9-11-23)25-16-31-28(29)27(32-25)26-14-24(33-36-26)20-6-4-19(5-7-20)15-30-22-12-13-35-17-22/h4-11,14,16,18,22,30H,3,12-13,15,17H2,1-2H3,(H2,29,31). The lowest BCUT2D eigenvalue weighted by Crippen LogP contribution is -2.28. The van der Waals surface area contributed by atoms with Crippen molar-refractivity contribution in [2.75, 3.05) is 18.9 Å². The fourth-order valence-corrected chi connectivity index (χ4v) is 5.31. The van der Waals surface area contributed by atoms with Crippen molar-refractivity contribution < 1.29 is 13.8 Å². The number of nitrogens with one attached hydrogen (secondary N) is 1. The molecule has 3 unspecified atom stereocenters. The van der Waals surface area contributed by atoms with Crippen LogP contribution in [-0.4, -0.2) is 44.2 Å². The number of nitrogens with zero attached hydrogens (tertiary/aromatic N) is 3. The highest BCUT2D eigenvalue weighted by Crippen LogP contribution is 2.30. The highest BCUT2D eigenvalue weighted by Gasteiger charge is 2.19. The van der Waals surface area contributed by atoms with E-state index >= 15 is 0 Å². The maximum atomic E-state index is 12.6. The summed E-state index contributed by atoms with van der Waals surface area (Å²) in [4.78, 5) is 9.84. The van der Waals surface area contributed by atoms with Crippen molar-refractivity contribution in [2.24, 2.45) is 0 Å². The summed E-state index contributed by atoms with van der Waals surface area (Å²) >= 11 is -1.04. The average Bonchev–Trinajstić information content (AvgIpc) is 3.65. The Morgan fingerprint density at radius 3 is 2.54 bits per heavy atom. The van der Waals surface area contributed by atoms with E-state index in [-0.39, 0.29) is 11.1 Å². The van der Waals surface area contributed by atoms with E-state index in [9.17, 15) is 4.55 Å². The van der Waals surface area contributed by atoms with Crippen molar-refractivity contribution in [3.05, 3.63) is 66.4 Å². The molecule has 3 N–H and O–H groups in total. The van der Waals surface area contributed by atoms with Gasteiger partial charge in [-0.15, -0.1) is 0 Å². The van der Waals surface area contributed by atoms with E-state index in [1.54, 1.807) is 6.20 Å². The number of hydrogen-bond acceptors (Lipinski definition) is 8. The van der Waals surface area contributed by atoms with E-state index in [0.29, 0.717) is 28.9 Å². The smallest absolute Gasteiger partial charge is 0.189 e. The van der Waals surface area contributed by atoms with E-state index in [4.69, 9.17) is 20.0 Å². The van der Waals surface area contributed by atoms with Gasteiger partial charge in [0.15, 0.2) is 22.2 Å². The molecule has 192 valence electrons. The summed E-state index contributed by atoms with van der Waals surface area (Å²) in [7, 11) is 0. The SMILES string of the molecule is CCC(C)[S+]([O-])c1ccc(-c2cnc(N)c(-c3cc(-c4ccc(CNC5CCOC5)cc4)no3)n2)cc1. The Labute approximate surface area is 219 Å². The van der Waals surface area contributed by atoms with Gasteiger partial charge in [0.1, 0.15) is 10.9 Å². The highest BCUT2D eigenvalue weighted by atomic mass is 32.2. The second-order valence-corrected chi connectivity index (χ2v) is 11.1. The Morgan fingerprint density at radius 2 is 1.84 bits per heavy atom. The predicted molar refractivity (Wildman–Crippen MR) is 145 cm³/mol. The minimum absolute atomic E-state index is 0.106. The number of anilines is 1. The zero-order valence-corrected chi connectivity index (χ0v) is 21.8. The van der Waals surface area contributed by atoms with Crippen molar-refractivity contribution in [1.29, 1.82) is 0 Å². The number of rotatable bonds is 9. The van der Waals surface area contributed by atoms with Crippen LogP contribution >= 0.6 is 0 Å². The van der Waals surface area contributed by atoms with E-state index in [1.807, 2.05) is 56.3 Å². The van der Waals surface area contributed by atoms with E-state index in [1.165, 1.54) is 5.56 Å². The van der Waals surface area contributed by atoms with Crippen LogP contribution in [0.4, 0.5) is 5.82 Å². The normalized spacial score (nSPS) is 17.1. The van der Waals surface area contributed by atoms with Crippen molar-refractivity contribution >= 4 is 17.0 Å². The van der Waals surface area contributed by atoms with Crippen LogP contribution in [0.15, 0.2) is 70.2 Å². The molecule has 2 aromatic carbocycles. The van der Waals surface area contributed by atoms with Crippen LogP contribution in [0.3, 0.4) is 0 Å². The first kappa shape index (κ1) is 25.4. The molecule has 1 saturated heterocycles. The van der Waals surface area contributed by atoms with Crippen LogP contribution in [0.2, 0.25) is 0 Å². The lowest BCUT2D eigenvalue weighted by Gasteiger charge is -2.16. The van der Waals surface area contributed by atoms with Gasteiger partial charge in [-0.1, -0.05) is 36.3 Å². The van der Waals surface area contributed by atoms with Crippen molar-refractivity contribution in [1.82, 2.24) is 20.4 Å². The summed E-state index contributed by atoms with van der Waals surface area (Å²) < 4.78 is 23.6. The maximum absolute atomic E-state index is 12.6. The molecule has 0 radical (unpaired) electrons. The summed E-state index contributed by atoms with van der Waals surface area (Å²) in [6.07, 6.45) is 3.54. The molecule has 0 spiro atoms. The Kier molecular flexibility index (Phi) is 7.85. The quantitative estimate of drug-likeness (QED) is 0.303. The number of hydrogen-bond donors (Lipinski definition) is 2. The number of ether oxygens (including phenoxy) is 1. The van der Waals surface area contributed by atoms with Crippen molar-refractivity contribution in [3.8, 4) is 34.0 Å². The average molecular weight is 518 g/mol. The minimum atomic E-state index is -1.04. The number of benzene rings is 2. The van der Waals surface area contributed by atoms with E-state index in [2.05, 4.69) is 27.6 Å². The molecule has 0 aliphatic carbocycles. The third-order valence-corrected chi connectivity index (χ3v) is 8.44. The number of nitrogens with two attached hydrogens (primary N) is 1. The Hall–Kier alpha value is -3.24. The van der Waals surface area contributed by atoms with Gasteiger partial charge in [-0.3, -0.25) is 0 Å². The third kappa shape index (κ3) is 5.86. The van der Waals surface area contributed by atoms with Crippen LogP contribution in [0.25, 0.3) is 34.0 Å². The Morgan fingerprint density at radius 1 is 1.11 bits per heavy atom. The van der Waals surface area contributed by atoms with Crippen molar-refractivity contribution in [2.45, 2.75) is 49.4 Å². The molecule has 9 heteroatoms. The molecule has 5 rings (SSSR count). The lowest BCUT2D eigenvalue weighted by molar-refractivity contribution is 0.190. The fourth-order valence-electron chi connectivity index (χ4n) is 4.14. The monoisotopic (exact) mass is 517 g/mol. The van der Waals surface area contributed by atoms with Gasteiger partial charge in [-0.25, -0.2) is 9.97 Å². The summed E-state index contributed by atoms with van der Waals surface area (Å²) in [5.74, 6) is 0.710. The lowest BCUT2D eigenvalue weighted by atomic mass is 10.1. The van der Waals surface area contributed by atoms with E-state index in [0.717, 1.165) is 48.6 Å². The van der Waals surface area contributed by atoms with Gasteiger partial charge in [0, 0.05) is 36.4 Å². The Bertz CT molecular complexity index is 1320. The highest BCUT2D eigenvalue weighted by molar-refractivity contribution is 7.92. The molecule has 8 nitrogen and oxygen atoms in total. The van der Waals surface area contributed by atoms with Gasteiger partial charge in [-0.05, 0) is 60.8 Å². The van der Waals surface area contributed by atoms with Gasteiger partial charge in [0.2, 0.25) is 0 Å². The zero-order valence-electron chi connectivity index (χ0n) is 21.0.